The van der Waals surface area contributed by atoms with E-state index in [0.717, 1.165) is 33.6 Å². The van der Waals surface area contributed by atoms with Crippen molar-refractivity contribution in [1.82, 2.24) is 9.88 Å². The minimum absolute atomic E-state index is 0.210. The molecule has 3 heterocycles. The second kappa shape index (κ2) is 9.87. The number of H-pyrrole nitrogens is 1. The van der Waals surface area contributed by atoms with Crippen LogP contribution in [0.1, 0.15) is 21.9 Å². The number of aryl methyl sites for hydroxylation is 1. The number of carboxylic acid groups (broad SMARTS) is 1. The third-order valence-corrected chi connectivity index (χ3v) is 8.52. The Morgan fingerprint density at radius 1 is 1.11 bits per heavy atom. The molecule has 2 aromatic carbocycles. The Bertz CT molecular complexity index is 1460. The van der Waals surface area contributed by atoms with Gasteiger partial charge in [-0.1, -0.05) is 47.4 Å². The van der Waals surface area contributed by atoms with E-state index in [4.69, 9.17) is 9.84 Å². The lowest BCUT2D eigenvalue weighted by Crippen LogP contribution is -2.36. The number of rotatable bonds is 7. The van der Waals surface area contributed by atoms with E-state index in [-0.39, 0.29) is 17.4 Å². The summed E-state index contributed by atoms with van der Waals surface area (Å²) in [7, 11) is 0. The Morgan fingerprint density at radius 3 is 2.57 bits per heavy atom. The van der Waals surface area contributed by atoms with Crippen LogP contribution in [0, 0.1) is 12.8 Å². The fourth-order valence-electron chi connectivity index (χ4n) is 4.56. The number of ether oxygens (including phenoxy) is 1. The number of likely N-dealkylation sites (tertiary alicyclic amines) is 1. The molecule has 5 rings (SSSR count). The summed E-state index contributed by atoms with van der Waals surface area (Å²) in [5.74, 6) is -3.79. The van der Waals surface area contributed by atoms with Crippen LogP contribution in [0.3, 0.4) is 0 Å². The van der Waals surface area contributed by atoms with Crippen LogP contribution in [0.15, 0.2) is 58.4 Å². The standard InChI is InChI=1S/C25H21N3O7S2/c1-12-3-2-4-14(9-12)26-16(29)11-35-15-7-5-13(6-8-15)18-19-21(36-22-20(18)37-25(34)27-22)24(33)28(23(19)32)10-17(30)31/h2-9,18-19,21H,10-11H2,1H3,(H,26,29)(H,27,34)(H,30,31)/t18-,19+,21-/m0/s1. The van der Waals surface area contributed by atoms with Gasteiger partial charge in [0.1, 0.15) is 17.5 Å². The van der Waals surface area contributed by atoms with Gasteiger partial charge in [0.25, 0.3) is 5.91 Å². The van der Waals surface area contributed by atoms with E-state index in [1.165, 1.54) is 0 Å². The molecule has 2 aliphatic heterocycles. The third-order valence-electron chi connectivity index (χ3n) is 6.12. The van der Waals surface area contributed by atoms with Gasteiger partial charge in [-0.15, -0.1) is 0 Å². The smallest absolute Gasteiger partial charge is 0.323 e. The minimum Gasteiger partial charge on any atom is -0.484 e. The maximum Gasteiger partial charge on any atom is 0.323 e. The molecule has 190 valence electrons. The summed E-state index contributed by atoms with van der Waals surface area (Å²) < 4.78 is 5.61. The number of nitrogens with one attached hydrogen (secondary N) is 2. The normalized spacial score (nSPS) is 20.4. The lowest BCUT2D eigenvalue weighted by molar-refractivity contribution is -0.149. The van der Waals surface area contributed by atoms with Gasteiger partial charge in [-0.05, 0) is 42.3 Å². The predicted octanol–water partition coefficient (Wildman–Crippen LogP) is 2.44. The van der Waals surface area contributed by atoms with Gasteiger partial charge >= 0.3 is 10.8 Å². The molecular formula is C25H21N3O7S2. The van der Waals surface area contributed by atoms with E-state index in [1.807, 2.05) is 25.1 Å². The van der Waals surface area contributed by atoms with Crippen molar-refractivity contribution in [2.75, 3.05) is 18.5 Å². The number of nitrogens with zero attached hydrogens (tertiary/aromatic N) is 1. The molecule has 0 aliphatic carbocycles. The number of anilines is 1. The number of thioether (sulfide) groups is 1. The summed E-state index contributed by atoms with van der Waals surface area (Å²) in [5.41, 5.74) is 2.35. The predicted molar refractivity (Wildman–Crippen MR) is 136 cm³/mol. The highest BCUT2D eigenvalue weighted by atomic mass is 32.2. The maximum absolute atomic E-state index is 13.2. The summed E-state index contributed by atoms with van der Waals surface area (Å²) >= 11 is 2.05. The Hall–Kier alpha value is -3.90. The molecule has 0 radical (unpaired) electrons. The number of benzene rings is 2. The van der Waals surface area contributed by atoms with Crippen molar-refractivity contribution in [3.8, 4) is 5.75 Å². The van der Waals surface area contributed by atoms with E-state index in [9.17, 15) is 24.0 Å². The fourth-order valence-corrected chi connectivity index (χ4v) is 7.10. The molecule has 10 nitrogen and oxygen atoms in total. The number of carbonyl (C=O) groups is 4. The van der Waals surface area contributed by atoms with Gasteiger partial charge in [-0.25, -0.2) is 0 Å². The molecular weight excluding hydrogens is 518 g/mol. The van der Waals surface area contributed by atoms with Gasteiger partial charge in [0.15, 0.2) is 6.61 Å². The second-order valence-corrected chi connectivity index (χ2v) is 10.8. The largest absolute Gasteiger partial charge is 0.484 e. The van der Waals surface area contributed by atoms with Gasteiger partial charge in [-0.3, -0.25) is 28.9 Å². The second-order valence-electron chi connectivity index (χ2n) is 8.68. The number of imide groups is 1. The molecule has 1 fully saturated rings. The van der Waals surface area contributed by atoms with Crippen molar-refractivity contribution < 1.29 is 29.0 Å². The van der Waals surface area contributed by atoms with Gasteiger partial charge < -0.3 is 20.1 Å². The molecule has 1 saturated heterocycles. The van der Waals surface area contributed by atoms with E-state index in [0.29, 0.717) is 26.9 Å². The topological polar surface area (TPSA) is 146 Å². The van der Waals surface area contributed by atoms with E-state index < -0.39 is 41.4 Å². The molecule has 2 aliphatic rings. The van der Waals surface area contributed by atoms with Crippen LogP contribution in [0.4, 0.5) is 5.69 Å². The van der Waals surface area contributed by atoms with Gasteiger partial charge in [0.2, 0.25) is 11.8 Å². The third kappa shape index (κ3) is 4.89. The average Bonchev–Trinajstić information content (AvgIpc) is 3.33. The van der Waals surface area contributed by atoms with E-state index in [1.54, 1.807) is 30.3 Å². The Balaban J connectivity index is 1.35. The lowest BCUT2D eigenvalue weighted by Gasteiger charge is -2.29. The van der Waals surface area contributed by atoms with Crippen LogP contribution in [0.2, 0.25) is 0 Å². The number of aromatic nitrogens is 1. The summed E-state index contributed by atoms with van der Waals surface area (Å²) in [6.07, 6.45) is 0. The van der Waals surface area contributed by atoms with E-state index in [2.05, 4.69) is 10.3 Å². The molecule has 3 atom stereocenters. The van der Waals surface area contributed by atoms with Crippen LogP contribution in [-0.4, -0.2) is 57.1 Å². The van der Waals surface area contributed by atoms with Crippen molar-refractivity contribution in [2.24, 2.45) is 5.92 Å². The van der Waals surface area contributed by atoms with Crippen molar-refractivity contribution in [2.45, 2.75) is 23.1 Å². The molecule has 37 heavy (non-hydrogen) atoms. The average molecular weight is 540 g/mol. The molecule has 12 heteroatoms. The van der Waals surface area contributed by atoms with Crippen molar-refractivity contribution in [3.63, 3.8) is 0 Å². The molecule has 3 N–H and O–H groups in total. The monoisotopic (exact) mass is 539 g/mol. The fraction of sp³-hybridized carbons (Fsp3) is 0.240. The van der Waals surface area contributed by atoms with Gasteiger partial charge in [0, 0.05) is 16.5 Å². The summed E-state index contributed by atoms with van der Waals surface area (Å²) in [5, 5.41) is 11.6. The summed E-state index contributed by atoms with van der Waals surface area (Å²) in [4.78, 5) is 65.5. The van der Waals surface area contributed by atoms with Crippen molar-refractivity contribution in [1.29, 1.82) is 0 Å². The van der Waals surface area contributed by atoms with Crippen LogP contribution < -0.4 is 14.9 Å². The number of aliphatic carboxylic acids is 1. The number of hydrogen-bond acceptors (Lipinski definition) is 8. The SMILES string of the molecule is Cc1cccc(NC(=O)COc2ccc([C@@H]3c4sc(=O)[nH]c4S[C@@H]4C(=O)N(CC(=O)O)C(=O)[C@H]34)cc2)c1. The van der Waals surface area contributed by atoms with Gasteiger partial charge in [-0.2, -0.15) is 0 Å². The van der Waals surface area contributed by atoms with Crippen LogP contribution >= 0.6 is 23.1 Å². The molecule has 0 bridgehead atoms. The van der Waals surface area contributed by atoms with Crippen molar-refractivity contribution in [3.05, 3.63) is 74.2 Å². The van der Waals surface area contributed by atoms with Crippen LogP contribution in [0.5, 0.6) is 5.75 Å². The Kier molecular flexibility index (Phi) is 6.61. The maximum atomic E-state index is 13.2. The number of carbonyl (C=O) groups excluding carboxylic acids is 3. The first-order chi connectivity index (χ1) is 17.7. The van der Waals surface area contributed by atoms with Gasteiger partial charge in [0.05, 0.1) is 10.9 Å². The molecule has 0 unspecified atom stereocenters. The summed E-state index contributed by atoms with van der Waals surface area (Å²) in [6, 6.07) is 14.1. The highest BCUT2D eigenvalue weighted by molar-refractivity contribution is 8.00. The highest BCUT2D eigenvalue weighted by Crippen LogP contribution is 2.52. The van der Waals surface area contributed by atoms with Crippen molar-refractivity contribution >= 4 is 52.5 Å². The number of carboxylic acids is 1. The highest BCUT2D eigenvalue weighted by Gasteiger charge is 2.56. The summed E-state index contributed by atoms with van der Waals surface area (Å²) in [6.45, 7) is 1.01. The molecule has 0 spiro atoms. The van der Waals surface area contributed by atoms with Crippen LogP contribution in [-0.2, 0) is 19.2 Å². The first-order valence-corrected chi connectivity index (χ1v) is 13.0. The Labute approximate surface area is 218 Å². The number of thiazole rings is 1. The zero-order valence-corrected chi connectivity index (χ0v) is 21.1. The minimum atomic E-state index is -1.28. The zero-order valence-electron chi connectivity index (χ0n) is 19.4. The lowest BCUT2D eigenvalue weighted by atomic mass is 9.83. The Morgan fingerprint density at radius 2 is 1.86 bits per heavy atom. The van der Waals surface area contributed by atoms with Crippen LogP contribution in [0.25, 0.3) is 0 Å². The number of fused-ring (bicyclic) bond motifs is 2. The number of amides is 3. The molecule has 3 aromatic rings. The number of aromatic amines is 1. The quantitative estimate of drug-likeness (QED) is 0.388. The number of hydrogen-bond donors (Lipinski definition) is 3. The zero-order chi connectivity index (χ0) is 26.3. The first-order valence-electron chi connectivity index (χ1n) is 11.3. The molecule has 0 saturated carbocycles. The molecule has 1 aromatic heterocycles. The first kappa shape index (κ1) is 24.8. The van der Waals surface area contributed by atoms with E-state index >= 15 is 0 Å². The molecule has 3 amide bonds.